The molecule has 2 unspecified atom stereocenters. The zero-order valence-electron chi connectivity index (χ0n) is 13.0. The van der Waals surface area contributed by atoms with Crippen molar-refractivity contribution in [2.24, 2.45) is 23.5 Å². The Hall–Kier alpha value is -1.10. The van der Waals surface area contributed by atoms with Gasteiger partial charge in [0, 0.05) is 19.4 Å². The third-order valence-corrected chi connectivity index (χ3v) is 3.85. The molecule has 0 aromatic carbocycles. The van der Waals surface area contributed by atoms with Gasteiger partial charge in [-0.25, -0.2) is 0 Å². The van der Waals surface area contributed by atoms with Crippen LogP contribution in [0, 0.1) is 17.8 Å². The molecule has 5 heteroatoms. The largest absolute Gasteiger partial charge is 0.481 e. The van der Waals surface area contributed by atoms with Gasteiger partial charge in [0.25, 0.3) is 0 Å². The third kappa shape index (κ3) is 8.91. The molecule has 118 valence electrons. The first-order chi connectivity index (χ1) is 9.40. The van der Waals surface area contributed by atoms with Crippen LogP contribution in [-0.4, -0.2) is 30.1 Å². The Bertz CT molecular complexity index is 293. The monoisotopic (exact) mass is 286 g/mol. The summed E-state index contributed by atoms with van der Waals surface area (Å²) in [6, 6.07) is 0. The van der Waals surface area contributed by atoms with Crippen molar-refractivity contribution < 1.29 is 14.7 Å². The van der Waals surface area contributed by atoms with Gasteiger partial charge in [-0.2, -0.15) is 0 Å². The molecule has 2 atom stereocenters. The molecule has 0 aliphatic heterocycles. The summed E-state index contributed by atoms with van der Waals surface area (Å²) in [6.07, 6.45) is 3.15. The van der Waals surface area contributed by atoms with Crippen LogP contribution < -0.4 is 11.1 Å². The number of carboxylic acids is 1. The van der Waals surface area contributed by atoms with E-state index in [2.05, 4.69) is 19.2 Å². The molecule has 0 fully saturated rings. The molecule has 0 radical (unpaired) electrons. The molecule has 5 nitrogen and oxygen atoms in total. The van der Waals surface area contributed by atoms with Crippen molar-refractivity contribution in [2.75, 3.05) is 13.1 Å². The second-order valence-corrected chi connectivity index (χ2v) is 5.80. The van der Waals surface area contributed by atoms with Crippen molar-refractivity contribution >= 4 is 11.9 Å². The molecule has 0 aromatic rings. The normalized spacial score (nSPS) is 14.1. The highest BCUT2D eigenvalue weighted by Crippen LogP contribution is 2.20. The van der Waals surface area contributed by atoms with Gasteiger partial charge in [-0.3, -0.25) is 9.59 Å². The summed E-state index contributed by atoms with van der Waals surface area (Å²) in [5, 5.41) is 11.6. The molecule has 0 saturated carbocycles. The fraction of sp³-hybridized carbons (Fsp3) is 0.867. The summed E-state index contributed by atoms with van der Waals surface area (Å²) in [6.45, 7) is 7.35. The van der Waals surface area contributed by atoms with Gasteiger partial charge < -0.3 is 16.2 Å². The number of carbonyl (C=O) groups excluding carboxylic acids is 1. The first-order valence-electron chi connectivity index (χ1n) is 7.59. The maximum Gasteiger partial charge on any atom is 0.303 e. The minimum atomic E-state index is -0.811. The van der Waals surface area contributed by atoms with Gasteiger partial charge in [-0.15, -0.1) is 0 Å². The lowest BCUT2D eigenvalue weighted by Crippen LogP contribution is -2.30. The predicted molar refractivity (Wildman–Crippen MR) is 80.3 cm³/mol. The van der Waals surface area contributed by atoms with Crippen molar-refractivity contribution in [3.8, 4) is 0 Å². The van der Waals surface area contributed by atoms with Crippen LogP contribution in [0.15, 0.2) is 0 Å². The van der Waals surface area contributed by atoms with Gasteiger partial charge in [-0.05, 0) is 37.1 Å². The first kappa shape index (κ1) is 18.9. The van der Waals surface area contributed by atoms with Gasteiger partial charge in [0.05, 0.1) is 0 Å². The highest BCUT2D eigenvalue weighted by Gasteiger charge is 2.16. The van der Waals surface area contributed by atoms with E-state index >= 15 is 0 Å². The Kier molecular flexibility index (Phi) is 10.1. The Morgan fingerprint density at radius 1 is 1.25 bits per heavy atom. The van der Waals surface area contributed by atoms with Crippen LogP contribution in [0.4, 0.5) is 0 Å². The Morgan fingerprint density at radius 3 is 2.35 bits per heavy atom. The zero-order chi connectivity index (χ0) is 15.5. The van der Waals surface area contributed by atoms with Crippen LogP contribution in [0.25, 0.3) is 0 Å². The maximum atomic E-state index is 11.8. The summed E-state index contributed by atoms with van der Waals surface area (Å²) in [5.74, 6) is 0.223. The Labute approximate surface area is 122 Å². The highest BCUT2D eigenvalue weighted by molar-refractivity contribution is 5.76. The van der Waals surface area contributed by atoms with Crippen molar-refractivity contribution in [2.45, 2.75) is 52.9 Å². The van der Waals surface area contributed by atoms with Gasteiger partial charge >= 0.3 is 5.97 Å². The summed E-state index contributed by atoms with van der Waals surface area (Å²) in [5.41, 5.74) is 5.58. The Morgan fingerprint density at radius 2 is 1.90 bits per heavy atom. The topological polar surface area (TPSA) is 92.4 Å². The number of aliphatic carboxylic acids is 1. The molecule has 4 N–H and O–H groups in total. The average Bonchev–Trinajstić information content (AvgIpc) is 2.38. The number of amides is 1. The lowest BCUT2D eigenvalue weighted by molar-refractivity contribution is -0.138. The number of hydrogen-bond donors (Lipinski definition) is 3. The van der Waals surface area contributed by atoms with E-state index in [1.54, 1.807) is 0 Å². The van der Waals surface area contributed by atoms with E-state index in [9.17, 15) is 9.59 Å². The average molecular weight is 286 g/mol. The molecule has 0 bridgehead atoms. The number of nitrogens with one attached hydrogen (secondary N) is 1. The number of rotatable bonds is 11. The van der Waals surface area contributed by atoms with E-state index in [1.165, 1.54) is 0 Å². The standard InChI is InChI=1S/C15H30N2O3/c1-4-12(9-15(19)20)10-17-14(18)6-5-13(7-8-16)11(2)3/h11-13H,4-10,16H2,1-3H3,(H,17,18)(H,19,20). The van der Waals surface area contributed by atoms with Crippen LogP contribution in [-0.2, 0) is 9.59 Å². The van der Waals surface area contributed by atoms with E-state index in [4.69, 9.17) is 10.8 Å². The SMILES string of the molecule is CCC(CNC(=O)CCC(CCN)C(C)C)CC(=O)O. The van der Waals surface area contributed by atoms with Gasteiger partial charge in [0.1, 0.15) is 0 Å². The second kappa shape index (κ2) is 10.7. The molecule has 20 heavy (non-hydrogen) atoms. The van der Waals surface area contributed by atoms with Crippen LogP contribution in [0.3, 0.4) is 0 Å². The highest BCUT2D eigenvalue weighted by atomic mass is 16.4. The van der Waals surface area contributed by atoms with E-state index < -0.39 is 5.97 Å². The summed E-state index contributed by atoms with van der Waals surface area (Å²) in [4.78, 5) is 22.4. The summed E-state index contributed by atoms with van der Waals surface area (Å²) in [7, 11) is 0. The molecule has 0 aliphatic rings. The summed E-state index contributed by atoms with van der Waals surface area (Å²) < 4.78 is 0. The summed E-state index contributed by atoms with van der Waals surface area (Å²) >= 11 is 0. The predicted octanol–water partition coefficient (Wildman–Crippen LogP) is 2.00. The van der Waals surface area contributed by atoms with Crippen LogP contribution in [0.1, 0.15) is 52.9 Å². The fourth-order valence-corrected chi connectivity index (χ4v) is 2.30. The van der Waals surface area contributed by atoms with Gasteiger partial charge in [0.2, 0.25) is 5.91 Å². The molecule has 0 heterocycles. The van der Waals surface area contributed by atoms with Crippen molar-refractivity contribution in [3.63, 3.8) is 0 Å². The molecule has 0 saturated heterocycles. The maximum absolute atomic E-state index is 11.8. The van der Waals surface area contributed by atoms with E-state index in [-0.39, 0.29) is 18.2 Å². The minimum absolute atomic E-state index is 0.0107. The van der Waals surface area contributed by atoms with Gasteiger partial charge in [-0.1, -0.05) is 27.2 Å². The lowest BCUT2D eigenvalue weighted by atomic mass is 9.88. The number of carbonyl (C=O) groups is 2. The fourth-order valence-electron chi connectivity index (χ4n) is 2.30. The third-order valence-electron chi connectivity index (χ3n) is 3.85. The second-order valence-electron chi connectivity index (χ2n) is 5.80. The van der Waals surface area contributed by atoms with Crippen molar-refractivity contribution in [1.82, 2.24) is 5.32 Å². The number of carboxylic acid groups (broad SMARTS) is 1. The molecule has 0 aliphatic carbocycles. The van der Waals surface area contributed by atoms with E-state index in [0.717, 1.165) is 19.3 Å². The number of hydrogen-bond acceptors (Lipinski definition) is 3. The Balaban J connectivity index is 4.00. The lowest BCUT2D eigenvalue weighted by Gasteiger charge is -2.20. The zero-order valence-corrected chi connectivity index (χ0v) is 13.0. The molecular weight excluding hydrogens is 256 g/mol. The van der Waals surface area contributed by atoms with Crippen molar-refractivity contribution in [3.05, 3.63) is 0 Å². The minimum Gasteiger partial charge on any atom is -0.481 e. The molecule has 1 amide bonds. The first-order valence-corrected chi connectivity index (χ1v) is 7.59. The molecule has 0 spiro atoms. The molecule has 0 aromatic heterocycles. The van der Waals surface area contributed by atoms with E-state index in [0.29, 0.717) is 31.3 Å². The van der Waals surface area contributed by atoms with Crippen LogP contribution in [0.2, 0.25) is 0 Å². The molecular formula is C15H30N2O3. The smallest absolute Gasteiger partial charge is 0.303 e. The van der Waals surface area contributed by atoms with Gasteiger partial charge in [0.15, 0.2) is 0 Å². The quantitative estimate of drug-likeness (QED) is 0.541. The van der Waals surface area contributed by atoms with E-state index in [1.807, 2.05) is 6.92 Å². The van der Waals surface area contributed by atoms with Crippen LogP contribution >= 0.6 is 0 Å². The molecule has 0 rings (SSSR count). The number of nitrogens with two attached hydrogens (primary N) is 1. The van der Waals surface area contributed by atoms with Crippen molar-refractivity contribution in [1.29, 1.82) is 0 Å². The van der Waals surface area contributed by atoms with Crippen LogP contribution in [0.5, 0.6) is 0 Å².